The van der Waals surface area contributed by atoms with Gasteiger partial charge in [0.15, 0.2) is 0 Å². The minimum atomic E-state index is 1.04. The van der Waals surface area contributed by atoms with Gasteiger partial charge in [-0.05, 0) is 18.6 Å². The zero-order valence-corrected chi connectivity index (χ0v) is 6.67. The Morgan fingerprint density at radius 1 is 1.45 bits per heavy atom. The topological polar surface area (TPSA) is 3.24 Å². The Kier molecular flexibility index (Phi) is 1.25. The molecule has 0 saturated carbocycles. The molecule has 0 unspecified atom stereocenters. The molecule has 0 bridgehead atoms. The summed E-state index contributed by atoms with van der Waals surface area (Å²) in [4.78, 5) is 2.15. The molecule has 0 N–H and O–H groups in total. The summed E-state index contributed by atoms with van der Waals surface area (Å²) in [6, 6.07) is 0. The van der Waals surface area contributed by atoms with Crippen LogP contribution >= 0.6 is 0 Å². The third-order valence-corrected chi connectivity index (χ3v) is 2.16. The van der Waals surface area contributed by atoms with Crippen LogP contribution in [-0.4, -0.2) is 4.90 Å². The van der Waals surface area contributed by atoms with Crippen LogP contribution in [0.2, 0.25) is 0 Å². The van der Waals surface area contributed by atoms with Gasteiger partial charge in [0, 0.05) is 24.0 Å². The van der Waals surface area contributed by atoms with E-state index in [4.69, 9.17) is 0 Å². The zero-order valence-electron chi connectivity index (χ0n) is 6.67. The van der Waals surface area contributed by atoms with E-state index in [2.05, 4.69) is 42.8 Å². The van der Waals surface area contributed by atoms with Crippen molar-refractivity contribution in [2.24, 2.45) is 0 Å². The summed E-state index contributed by atoms with van der Waals surface area (Å²) in [6.07, 6.45) is 9.57. The molecule has 56 valence electrons. The second kappa shape index (κ2) is 2.12. The lowest BCUT2D eigenvalue weighted by Crippen LogP contribution is -2.14. The van der Waals surface area contributed by atoms with Crippen LogP contribution in [0.5, 0.6) is 0 Å². The highest BCUT2D eigenvalue weighted by Gasteiger charge is 2.17. The molecule has 1 heteroatoms. The standard InChI is InChI=1S/C10H11N/c1-8-5-6-10-4-3-7-11(10)9(8)2/h3,5-7H,2,4H2,1H3. The maximum atomic E-state index is 4.00. The summed E-state index contributed by atoms with van der Waals surface area (Å²) in [6.45, 7) is 6.09. The zero-order chi connectivity index (χ0) is 7.84. The summed E-state index contributed by atoms with van der Waals surface area (Å²) in [5, 5.41) is 0. The molecule has 0 atom stereocenters. The van der Waals surface area contributed by atoms with E-state index in [1.165, 1.54) is 11.3 Å². The molecule has 1 nitrogen and oxygen atoms in total. The summed E-state index contributed by atoms with van der Waals surface area (Å²) in [5.74, 6) is 0. The van der Waals surface area contributed by atoms with E-state index in [-0.39, 0.29) is 0 Å². The molecule has 0 fully saturated rings. The number of nitrogens with zero attached hydrogens (tertiary/aromatic N) is 1. The van der Waals surface area contributed by atoms with Crippen LogP contribution in [0.15, 0.2) is 48.0 Å². The summed E-state index contributed by atoms with van der Waals surface area (Å²) < 4.78 is 0. The molecular weight excluding hydrogens is 134 g/mol. The molecule has 0 aromatic carbocycles. The first-order chi connectivity index (χ1) is 5.29. The first-order valence-electron chi connectivity index (χ1n) is 3.81. The third-order valence-electron chi connectivity index (χ3n) is 2.16. The van der Waals surface area contributed by atoms with Gasteiger partial charge in [-0.25, -0.2) is 0 Å². The average molecular weight is 145 g/mol. The van der Waals surface area contributed by atoms with Crippen molar-refractivity contribution in [1.82, 2.24) is 4.90 Å². The van der Waals surface area contributed by atoms with E-state index in [0.717, 1.165) is 12.1 Å². The van der Waals surface area contributed by atoms with Crippen molar-refractivity contribution in [2.75, 3.05) is 0 Å². The van der Waals surface area contributed by atoms with Gasteiger partial charge in [0.2, 0.25) is 0 Å². The minimum absolute atomic E-state index is 1.04. The Hall–Kier alpha value is -1.24. The van der Waals surface area contributed by atoms with Gasteiger partial charge >= 0.3 is 0 Å². The quantitative estimate of drug-likeness (QED) is 0.506. The molecule has 0 amide bonds. The highest BCUT2D eigenvalue weighted by molar-refractivity contribution is 5.41. The van der Waals surface area contributed by atoms with Crippen LogP contribution in [0.4, 0.5) is 0 Å². The highest BCUT2D eigenvalue weighted by atomic mass is 15.1. The Balaban J connectivity index is 2.42. The van der Waals surface area contributed by atoms with Crippen LogP contribution in [0.3, 0.4) is 0 Å². The van der Waals surface area contributed by atoms with Gasteiger partial charge in [-0.2, -0.15) is 0 Å². The number of rotatable bonds is 0. The van der Waals surface area contributed by atoms with Crippen LogP contribution < -0.4 is 0 Å². The van der Waals surface area contributed by atoms with Crippen molar-refractivity contribution in [1.29, 1.82) is 0 Å². The molecule has 0 saturated heterocycles. The Labute approximate surface area is 67.0 Å². The largest absolute Gasteiger partial charge is 0.321 e. The summed E-state index contributed by atoms with van der Waals surface area (Å²) in [7, 11) is 0. The number of fused-ring (bicyclic) bond motifs is 1. The SMILES string of the molecule is C=C1C(C)=CC=C2CC=CN12. The van der Waals surface area contributed by atoms with Crippen LogP contribution in [-0.2, 0) is 0 Å². The Morgan fingerprint density at radius 3 is 3.09 bits per heavy atom. The number of hydrogen-bond acceptors (Lipinski definition) is 1. The molecule has 0 spiro atoms. The molecule has 2 aliphatic heterocycles. The molecular formula is C10H11N. The number of hydrogen-bond donors (Lipinski definition) is 0. The fraction of sp³-hybridized carbons (Fsp3) is 0.200. The normalized spacial score (nSPS) is 21.5. The average Bonchev–Trinajstić information content (AvgIpc) is 2.45. The van der Waals surface area contributed by atoms with Crippen molar-refractivity contribution in [3.8, 4) is 0 Å². The fourth-order valence-corrected chi connectivity index (χ4v) is 1.39. The first-order valence-corrected chi connectivity index (χ1v) is 3.81. The van der Waals surface area contributed by atoms with Crippen molar-refractivity contribution < 1.29 is 0 Å². The summed E-state index contributed by atoms with van der Waals surface area (Å²) in [5.41, 5.74) is 3.69. The predicted octanol–water partition coefficient (Wildman–Crippen LogP) is 2.56. The molecule has 11 heavy (non-hydrogen) atoms. The van der Waals surface area contributed by atoms with E-state index >= 15 is 0 Å². The molecule has 0 radical (unpaired) electrons. The minimum Gasteiger partial charge on any atom is -0.321 e. The molecule has 0 aromatic heterocycles. The lowest BCUT2D eigenvalue weighted by Gasteiger charge is -2.24. The second-order valence-electron chi connectivity index (χ2n) is 2.91. The van der Waals surface area contributed by atoms with Gasteiger partial charge in [-0.1, -0.05) is 18.7 Å². The smallest absolute Gasteiger partial charge is 0.0409 e. The Bertz CT molecular complexity index is 292. The predicted molar refractivity (Wildman–Crippen MR) is 46.6 cm³/mol. The molecule has 0 aromatic rings. The second-order valence-corrected chi connectivity index (χ2v) is 2.91. The maximum absolute atomic E-state index is 4.00. The number of allylic oxidation sites excluding steroid dienone is 4. The van der Waals surface area contributed by atoms with Crippen molar-refractivity contribution in [2.45, 2.75) is 13.3 Å². The van der Waals surface area contributed by atoms with Crippen molar-refractivity contribution in [3.05, 3.63) is 48.0 Å². The molecule has 2 aliphatic rings. The molecule has 2 heterocycles. The van der Waals surface area contributed by atoms with Gasteiger partial charge in [0.05, 0.1) is 0 Å². The lowest BCUT2D eigenvalue weighted by atomic mass is 10.1. The van der Waals surface area contributed by atoms with E-state index in [1.807, 2.05) is 0 Å². The van der Waals surface area contributed by atoms with Gasteiger partial charge in [-0.3, -0.25) is 0 Å². The van der Waals surface area contributed by atoms with E-state index in [1.54, 1.807) is 0 Å². The van der Waals surface area contributed by atoms with E-state index in [9.17, 15) is 0 Å². The van der Waals surface area contributed by atoms with E-state index in [0.29, 0.717) is 0 Å². The fourth-order valence-electron chi connectivity index (χ4n) is 1.39. The van der Waals surface area contributed by atoms with Crippen molar-refractivity contribution in [3.63, 3.8) is 0 Å². The van der Waals surface area contributed by atoms with Gasteiger partial charge in [-0.15, -0.1) is 0 Å². The highest BCUT2D eigenvalue weighted by Crippen LogP contribution is 2.29. The van der Waals surface area contributed by atoms with Gasteiger partial charge in [0.25, 0.3) is 0 Å². The van der Waals surface area contributed by atoms with Crippen LogP contribution in [0.25, 0.3) is 0 Å². The third kappa shape index (κ3) is 0.845. The van der Waals surface area contributed by atoms with Gasteiger partial charge < -0.3 is 4.90 Å². The maximum Gasteiger partial charge on any atom is 0.0409 e. The monoisotopic (exact) mass is 145 g/mol. The Morgan fingerprint density at radius 2 is 2.27 bits per heavy atom. The molecule has 0 aliphatic carbocycles. The van der Waals surface area contributed by atoms with Crippen LogP contribution in [0, 0.1) is 0 Å². The van der Waals surface area contributed by atoms with Crippen molar-refractivity contribution >= 4 is 0 Å². The van der Waals surface area contributed by atoms with Crippen LogP contribution in [0.1, 0.15) is 13.3 Å². The lowest BCUT2D eigenvalue weighted by molar-refractivity contribution is 0.595. The summed E-state index contributed by atoms with van der Waals surface area (Å²) >= 11 is 0. The first kappa shape index (κ1) is 6.47. The molecule has 2 rings (SSSR count). The van der Waals surface area contributed by atoms with Gasteiger partial charge in [0.1, 0.15) is 0 Å². The van der Waals surface area contributed by atoms with E-state index < -0.39 is 0 Å².